The summed E-state index contributed by atoms with van der Waals surface area (Å²) in [6, 6.07) is 0. The standard InChI is InChI=1S/C12H18F3N3O2/c1-8-10(9(2)17(3)16-8)6-11(20)18(4-5-19)7-12(13,14)15/h19H,4-7H2,1-3H3. The smallest absolute Gasteiger partial charge is 0.395 e. The molecule has 0 bridgehead atoms. The fourth-order valence-corrected chi connectivity index (χ4v) is 1.97. The van der Waals surface area contributed by atoms with Crippen molar-refractivity contribution in [2.24, 2.45) is 7.05 Å². The Morgan fingerprint density at radius 1 is 1.40 bits per heavy atom. The molecule has 0 unspecified atom stereocenters. The van der Waals surface area contributed by atoms with Gasteiger partial charge >= 0.3 is 6.18 Å². The maximum absolute atomic E-state index is 12.4. The zero-order valence-electron chi connectivity index (χ0n) is 11.7. The number of hydrogen-bond acceptors (Lipinski definition) is 3. The highest BCUT2D eigenvalue weighted by atomic mass is 19.4. The molecule has 0 aliphatic heterocycles. The van der Waals surface area contributed by atoms with Crippen molar-refractivity contribution in [2.45, 2.75) is 26.4 Å². The third-order valence-electron chi connectivity index (χ3n) is 3.08. The highest BCUT2D eigenvalue weighted by molar-refractivity contribution is 5.79. The van der Waals surface area contributed by atoms with E-state index in [1.54, 1.807) is 25.6 Å². The quantitative estimate of drug-likeness (QED) is 0.880. The number of carbonyl (C=O) groups excluding carboxylic acids is 1. The number of aromatic nitrogens is 2. The van der Waals surface area contributed by atoms with Gasteiger partial charge in [0.1, 0.15) is 6.54 Å². The Bertz CT molecular complexity index is 483. The minimum absolute atomic E-state index is 0.151. The van der Waals surface area contributed by atoms with Gasteiger partial charge in [0.05, 0.1) is 18.7 Å². The van der Waals surface area contributed by atoms with Crippen LogP contribution < -0.4 is 0 Å². The summed E-state index contributed by atoms with van der Waals surface area (Å²) < 4.78 is 38.8. The lowest BCUT2D eigenvalue weighted by Crippen LogP contribution is -2.41. The van der Waals surface area contributed by atoms with E-state index in [0.29, 0.717) is 16.2 Å². The summed E-state index contributed by atoms with van der Waals surface area (Å²) in [7, 11) is 1.71. The first-order chi connectivity index (χ1) is 9.15. The Hall–Kier alpha value is -1.57. The third-order valence-corrected chi connectivity index (χ3v) is 3.08. The van der Waals surface area contributed by atoms with E-state index in [1.165, 1.54) is 0 Å². The molecule has 1 amide bonds. The van der Waals surface area contributed by atoms with E-state index in [9.17, 15) is 18.0 Å². The molecular weight excluding hydrogens is 275 g/mol. The largest absolute Gasteiger partial charge is 0.406 e. The van der Waals surface area contributed by atoms with Gasteiger partial charge in [-0.25, -0.2) is 0 Å². The number of rotatable bonds is 5. The zero-order valence-corrected chi connectivity index (χ0v) is 11.7. The van der Waals surface area contributed by atoms with Crippen LogP contribution in [0, 0.1) is 13.8 Å². The van der Waals surface area contributed by atoms with E-state index in [4.69, 9.17) is 5.11 Å². The van der Waals surface area contributed by atoms with E-state index in [-0.39, 0.29) is 13.0 Å². The van der Waals surface area contributed by atoms with Gasteiger partial charge in [-0.15, -0.1) is 0 Å². The minimum Gasteiger partial charge on any atom is -0.395 e. The van der Waals surface area contributed by atoms with Crippen molar-refractivity contribution >= 4 is 5.91 Å². The molecule has 5 nitrogen and oxygen atoms in total. The van der Waals surface area contributed by atoms with Crippen LogP contribution in [0.2, 0.25) is 0 Å². The fraction of sp³-hybridized carbons (Fsp3) is 0.667. The molecule has 1 rings (SSSR count). The van der Waals surface area contributed by atoms with Gasteiger partial charge in [-0.2, -0.15) is 18.3 Å². The van der Waals surface area contributed by atoms with E-state index >= 15 is 0 Å². The second-order valence-corrected chi connectivity index (χ2v) is 4.60. The molecule has 0 fully saturated rings. The molecule has 0 aromatic carbocycles. The number of halogens is 3. The summed E-state index contributed by atoms with van der Waals surface area (Å²) >= 11 is 0. The van der Waals surface area contributed by atoms with Crippen LogP contribution in [-0.2, 0) is 18.3 Å². The first kappa shape index (κ1) is 16.5. The van der Waals surface area contributed by atoms with E-state index in [1.807, 2.05) is 0 Å². The molecule has 0 atom stereocenters. The number of alkyl halides is 3. The highest BCUT2D eigenvalue weighted by Gasteiger charge is 2.33. The number of carbonyl (C=O) groups is 1. The van der Waals surface area contributed by atoms with Crippen molar-refractivity contribution < 1.29 is 23.1 Å². The van der Waals surface area contributed by atoms with Gasteiger partial charge in [-0.3, -0.25) is 9.48 Å². The van der Waals surface area contributed by atoms with Crippen LogP contribution in [-0.4, -0.2) is 51.6 Å². The second-order valence-electron chi connectivity index (χ2n) is 4.60. The van der Waals surface area contributed by atoms with E-state index in [0.717, 1.165) is 5.69 Å². The molecule has 8 heteroatoms. The van der Waals surface area contributed by atoms with Gasteiger partial charge in [0.25, 0.3) is 0 Å². The van der Waals surface area contributed by atoms with Crippen molar-refractivity contribution in [2.75, 3.05) is 19.7 Å². The molecule has 0 radical (unpaired) electrons. The maximum Gasteiger partial charge on any atom is 0.406 e. The van der Waals surface area contributed by atoms with Crippen LogP contribution in [0.25, 0.3) is 0 Å². The molecule has 1 heterocycles. The fourth-order valence-electron chi connectivity index (χ4n) is 1.97. The molecule has 0 spiro atoms. The lowest BCUT2D eigenvalue weighted by atomic mass is 10.1. The van der Waals surface area contributed by atoms with Gasteiger partial charge in [0.2, 0.25) is 5.91 Å². The lowest BCUT2D eigenvalue weighted by molar-refractivity contribution is -0.161. The molecule has 0 saturated heterocycles. The van der Waals surface area contributed by atoms with Gasteiger partial charge in [-0.1, -0.05) is 0 Å². The molecule has 1 N–H and O–H groups in total. The second kappa shape index (κ2) is 6.25. The normalized spacial score (nSPS) is 11.8. The molecule has 0 aliphatic rings. The summed E-state index contributed by atoms with van der Waals surface area (Å²) in [5.41, 5.74) is 1.99. The summed E-state index contributed by atoms with van der Waals surface area (Å²) in [4.78, 5) is 12.6. The van der Waals surface area contributed by atoms with Crippen LogP contribution >= 0.6 is 0 Å². The van der Waals surface area contributed by atoms with Crippen molar-refractivity contribution in [3.05, 3.63) is 17.0 Å². The monoisotopic (exact) mass is 293 g/mol. The summed E-state index contributed by atoms with van der Waals surface area (Å²) in [6.45, 7) is 1.26. The van der Waals surface area contributed by atoms with E-state index < -0.39 is 25.2 Å². The number of hydrogen-bond donors (Lipinski definition) is 1. The predicted molar refractivity (Wildman–Crippen MR) is 66.1 cm³/mol. The van der Waals surface area contributed by atoms with Crippen molar-refractivity contribution in [1.29, 1.82) is 0 Å². The van der Waals surface area contributed by atoms with Crippen molar-refractivity contribution in [3.63, 3.8) is 0 Å². The van der Waals surface area contributed by atoms with Crippen molar-refractivity contribution in [3.8, 4) is 0 Å². The summed E-state index contributed by atoms with van der Waals surface area (Å²) in [5.74, 6) is -0.671. The number of aryl methyl sites for hydroxylation is 2. The first-order valence-electron chi connectivity index (χ1n) is 6.10. The number of aliphatic hydroxyl groups excluding tert-OH is 1. The van der Waals surface area contributed by atoms with Gasteiger partial charge < -0.3 is 10.0 Å². The zero-order chi connectivity index (χ0) is 15.5. The Morgan fingerprint density at radius 3 is 2.40 bits per heavy atom. The van der Waals surface area contributed by atoms with Gasteiger partial charge in [-0.05, 0) is 13.8 Å². The van der Waals surface area contributed by atoms with Crippen LogP contribution in [0.15, 0.2) is 0 Å². The average Bonchev–Trinajstić information content (AvgIpc) is 2.53. The Balaban J connectivity index is 2.85. The van der Waals surface area contributed by atoms with Crippen molar-refractivity contribution in [1.82, 2.24) is 14.7 Å². The van der Waals surface area contributed by atoms with Gasteiger partial charge in [0.15, 0.2) is 0 Å². The molecular formula is C12H18F3N3O2. The van der Waals surface area contributed by atoms with Crippen LogP contribution in [0.1, 0.15) is 17.0 Å². The van der Waals surface area contributed by atoms with Gasteiger partial charge in [0, 0.05) is 24.8 Å². The Kier molecular flexibility index (Phi) is 5.15. The molecule has 0 aliphatic carbocycles. The average molecular weight is 293 g/mol. The van der Waals surface area contributed by atoms with E-state index in [2.05, 4.69) is 5.10 Å². The topological polar surface area (TPSA) is 58.4 Å². The number of nitrogens with zero attached hydrogens (tertiary/aromatic N) is 3. The number of aliphatic hydroxyl groups is 1. The third kappa shape index (κ3) is 4.22. The predicted octanol–water partition coefficient (Wildman–Crippen LogP) is 0.963. The minimum atomic E-state index is -4.48. The first-order valence-corrected chi connectivity index (χ1v) is 6.10. The van der Waals surface area contributed by atoms with Crippen LogP contribution in [0.4, 0.5) is 13.2 Å². The Morgan fingerprint density at radius 2 is 2.00 bits per heavy atom. The maximum atomic E-state index is 12.4. The molecule has 20 heavy (non-hydrogen) atoms. The molecule has 0 saturated carbocycles. The summed E-state index contributed by atoms with van der Waals surface area (Å²) in [6.07, 6.45) is -4.63. The molecule has 1 aromatic heterocycles. The summed E-state index contributed by atoms with van der Waals surface area (Å²) in [5, 5.41) is 12.9. The number of amides is 1. The van der Waals surface area contributed by atoms with Crippen LogP contribution in [0.5, 0.6) is 0 Å². The molecule has 1 aromatic rings. The lowest BCUT2D eigenvalue weighted by Gasteiger charge is -2.23. The Labute approximate surface area is 115 Å². The SMILES string of the molecule is Cc1nn(C)c(C)c1CC(=O)N(CCO)CC(F)(F)F. The highest BCUT2D eigenvalue weighted by Crippen LogP contribution is 2.18. The molecule has 114 valence electrons. The van der Waals surface area contributed by atoms with Crippen LogP contribution in [0.3, 0.4) is 0 Å².